The maximum Gasteiger partial charge on any atom is 0.242 e. The average Bonchev–Trinajstić information content (AvgIpc) is 2.90. The molecule has 0 aromatic heterocycles. The molecule has 0 bridgehead atoms. The first-order valence-electron chi connectivity index (χ1n) is 13.5. The fraction of sp³-hybridized carbons (Fsp3) is 0.517. The monoisotopic (exact) mass is 605 g/mol. The molecule has 0 saturated heterocycles. The van der Waals surface area contributed by atoms with Crippen molar-refractivity contribution in [3.8, 4) is 0 Å². The number of aryl methyl sites for hydroxylation is 1. The zero-order chi connectivity index (χ0) is 27.7. The van der Waals surface area contributed by atoms with E-state index in [0.29, 0.717) is 18.7 Å². The van der Waals surface area contributed by atoms with Gasteiger partial charge in [-0.3, -0.25) is 13.9 Å². The van der Waals surface area contributed by atoms with Gasteiger partial charge in [-0.05, 0) is 68.0 Å². The molecule has 1 unspecified atom stereocenters. The van der Waals surface area contributed by atoms with E-state index in [1.54, 1.807) is 24.0 Å². The van der Waals surface area contributed by atoms with E-state index in [4.69, 9.17) is 0 Å². The number of hydrogen-bond acceptors (Lipinski definition) is 4. The Morgan fingerprint density at radius 3 is 2.18 bits per heavy atom. The first kappa shape index (κ1) is 30.2. The topological polar surface area (TPSA) is 86.8 Å². The van der Waals surface area contributed by atoms with Gasteiger partial charge in [-0.1, -0.05) is 66.4 Å². The van der Waals surface area contributed by atoms with Crippen molar-refractivity contribution in [1.29, 1.82) is 0 Å². The lowest BCUT2D eigenvalue weighted by Gasteiger charge is -2.31. The molecule has 1 saturated carbocycles. The predicted octanol–water partition coefficient (Wildman–Crippen LogP) is 5.42. The number of sulfonamides is 1. The first-order chi connectivity index (χ1) is 18.1. The van der Waals surface area contributed by atoms with Crippen molar-refractivity contribution in [1.82, 2.24) is 10.2 Å². The van der Waals surface area contributed by atoms with Gasteiger partial charge in [-0.2, -0.15) is 0 Å². The quantitative estimate of drug-likeness (QED) is 0.350. The van der Waals surface area contributed by atoms with Gasteiger partial charge in [-0.15, -0.1) is 0 Å². The van der Waals surface area contributed by atoms with E-state index < -0.39 is 16.1 Å². The molecule has 7 nitrogen and oxygen atoms in total. The lowest BCUT2D eigenvalue weighted by molar-refractivity contribution is -0.141. The highest BCUT2D eigenvalue weighted by atomic mass is 79.9. The Balaban J connectivity index is 1.70. The number of benzene rings is 2. The lowest BCUT2D eigenvalue weighted by atomic mass is 9.95. The summed E-state index contributed by atoms with van der Waals surface area (Å²) in [6, 6.07) is 14.7. The van der Waals surface area contributed by atoms with Crippen LogP contribution in [0.15, 0.2) is 53.0 Å². The average molecular weight is 607 g/mol. The van der Waals surface area contributed by atoms with Crippen LogP contribution in [0, 0.1) is 0 Å². The molecule has 2 aromatic carbocycles. The fourth-order valence-electron chi connectivity index (χ4n) is 4.84. The van der Waals surface area contributed by atoms with Gasteiger partial charge in [0.2, 0.25) is 21.8 Å². The number of anilines is 1. The third kappa shape index (κ3) is 8.83. The molecule has 1 aliphatic rings. The second-order valence-corrected chi connectivity index (χ2v) is 12.9. The standard InChI is InChI=1S/C29H40BrN3O4S/c1-4-23-14-18-27(19-15-23)33(38(3,36)37)20-8-11-28(34)32(21-24-12-16-25(30)17-13-24)22(2)29(35)31-26-9-6-5-7-10-26/h12-19,22,26H,4-11,20-21H2,1-3H3,(H,31,35). The van der Waals surface area contributed by atoms with Gasteiger partial charge in [0.25, 0.3) is 0 Å². The number of carbonyl (C=O) groups is 2. The summed E-state index contributed by atoms with van der Waals surface area (Å²) in [5, 5.41) is 3.15. The second-order valence-electron chi connectivity index (χ2n) is 10.1. The molecule has 1 aliphatic carbocycles. The molecule has 2 amide bonds. The smallest absolute Gasteiger partial charge is 0.242 e. The van der Waals surface area contributed by atoms with Crippen molar-refractivity contribution in [3.05, 3.63) is 64.1 Å². The van der Waals surface area contributed by atoms with Crippen molar-refractivity contribution in [2.24, 2.45) is 0 Å². The molecule has 0 spiro atoms. The van der Waals surface area contributed by atoms with E-state index in [1.807, 2.05) is 43.3 Å². The molecule has 9 heteroatoms. The van der Waals surface area contributed by atoms with Crippen molar-refractivity contribution in [3.63, 3.8) is 0 Å². The summed E-state index contributed by atoms with van der Waals surface area (Å²) in [7, 11) is -3.51. The van der Waals surface area contributed by atoms with E-state index in [9.17, 15) is 18.0 Å². The number of hydrogen-bond donors (Lipinski definition) is 1. The van der Waals surface area contributed by atoms with Crippen molar-refractivity contribution < 1.29 is 18.0 Å². The van der Waals surface area contributed by atoms with Crippen LogP contribution in [0.3, 0.4) is 0 Å². The Bertz CT molecular complexity index is 1160. The summed E-state index contributed by atoms with van der Waals surface area (Å²) in [5.41, 5.74) is 2.64. The summed E-state index contributed by atoms with van der Waals surface area (Å²) >= 11 is 3.44. The van der Waals surface area contributed by atoms with Crippen LogP contribution in [0.1, 0.15) is 69.9 Å². The van der Waals surface area contributed by atoms with E-state index in [-0.39, 0.29) is 30.8 Å². The third-order valence-corrected chi connectivity index (χ3v) is 8.89. The highest BCUT2D eigenvalue weighted by Crippen LogP contribution is 2.21. The summed E-state index contributed by atoms with van der Waals surface area (Å²) in [6.07, 6.45) is 7.89. The molecule has 2 aromatic rings. The molecule has 1 N–H and O–H groups in total. The highest BCUT2D eigenvalue weighted by Gasteiger charge is 2.28. The highest BCUT2D eigenvalue weighted by molar-refractivity contribution is 9.10. The van der Waals surface area contributed by atoms with Gasteiger partial charge >= 0.3 is 0 Å². The Labute approximate surface area is 236 Å². The van der Waals surface area contributed by atoms with E-state index in [0.717, 1.165) is 47.7 Å². The molecule has 208 valence electrons. The predicted molar refractivity (Wildman–Crippen MR) is 156 cm³/mol. The first-order valence-corrected chi connectivity index (χ1v) is 16.1. The Morgan fingerprint density at radius 1 is 1.00 bits per heavy atom. The van der Waals surface area contributed by atoms with Gasteiger partial charge in [0.15, 0.2) is 0 Å². The van der Waals surface area contributed by atoms with Crippen LogP contribution >= 0.6 is 15.9 Å². The molecule has 0 heterocycles. The van der Waals surface area contributed by atoms with Crippen molar-refractivity contribution in [2.75, 3.05) is 17.1 Å². The fourth-order valence-corrected chi connectivity index (χ4v) is 6.07. The molecule has 1 atom stereocenters. The Hall–Kier alpha value is -2.39. The van der Waals surface area contributed by atoms with Crippen LogP contribution in [0.25, 0.3) is 0 Å². The summed E-state index contributed by atoms with van der Waals surface area (Å²) in [4.78, 5) is 28.2. The van der Waals surface area contributed by atoms with Gasteiger partial charge in [-0.25, -0.2) is 8.42 Å². The minimum Gasteiger partial charge on any atom is -0.352 e. The van der Waals surface area contributed by atoms with Crippen LogP contribution in [0.5, 0.6) is 0 Å². The summed E-state index contributed by atoms with van der Waals surface area (Å²) in [5.74, 6) is -0.315. The normalized spacial score (nSPS) is 15.1. The summed E-state index contributed by atoms with van der Waals surface area (Å²) in [6.45, 7) is 4.31. The number of halogens is 1. The molecule has 0 radical (unpaired) electrons. The minimum absolute atomic E-state index is 0.136. The van der Waals surface area contributed by atoms with Gasteiger partial charge in [0.05, 0.1) is 11.9 Å². The minimum atomic E-state index is -3.51. The number of amides is 2. The zero-order valence-corrected chi connectivity index (χ0v) is 25.1. The second kappa shape index (κ2) is 14.1. The van der Waals surface area contributed by atoms with Crippen molar-refractivity contribution in [2.45, 2.75) is 83.8 Å². The number of nitrogens with zero attached hydrogens (tertiary/aromatic N) is 2. The Morgan fingerprint density at radius 2 is 1.61 bits per heavy atom. The molecule has 0 aliphatic heterocycles. The lowest BCUT2D eigenvalue weighted by Crippen LogP contribution is -2.50. The van der Waals surface area contributed by atoms with Crippen LogP contribution in [0.4, 0.5) is 5.69 Å². The summed E-state index contributed by atoms with van der Waals surface area (Å²) < 4.78 is 27.3. The van der Waals surface area contributed by atoms with Crippen LogP contribution < -0.4 is 9.62 Å². The number of rotatable bonds is 12. The van der Waals surface area contributed by atoms with Crippen LogP contribution in [-0.2, 0) is 32.6 Å². The largest absolute Gasteiger partial charge is 0.352 e. The number of nitrogens with one attached hydrogen (secondary N) is 1. The SMILES string of the molecule is CCc1ccc(N(CCCC(=O)N(Cc2ccc(Br)cc2)C(C)C(=O)NC2CCCCC2)S(C)(=O)=O)cc1. The molecule has 1 fully saturated rings. The van der Waals surface area contributed by atoms with Gasteiger partial charge in [0, 0.05) is 30.0 Å². The Kier molecular flexibility index (Phi) is 11.2. The molecule has 38 heavy (non-hydrogen) atoms. The molecular formula is C29H40BrN3O4S. The third-order valence-electron chi connectivity index (χ3n) is 7.17. The van der Waals surface area contributed by atoms with Gasteiger partial charge in [0.1, 0.15) is 6.04 Å². The van der Waals surface area contributed by atoms with E-state index in [2.05, 4.69) is 21.2 Å². The zero-order valence-electron chi connectivity index (χ0n) is 22.7. The van der Waals surface area contributed by atoms with Crippen molar-refractivity contribution >= 4 is 43.5 Å². The maximum absolute atomic E-state index is 13.5. The maximum atomic E-state index is 13.5. The molecular weight excluding hydrogens is 566 g/mol. The van der Waals surface area contributed by atoms with Crippen LogP contribution in [-0.4, -0.2) is 50.0 Å². The molecule has 3 rings (SSSR count). The van der Waals surface area contributed by atoms with E-state index in [1.165, 1.54) is 17.0 Å². The van der Waals surface area contributed by atoms with Gasteiger partial charge < -0.3 is 10.2 Å². The number of carbonyl (C=O) groups excluding carboxylic acids is 2. The van der Waals surface area contributed by atoms with Crippen LogP contribution in [0.2, 0.25) is 0 Å². The van der Waals surface area contributed by atoms with E-state index >= 15 is 0 Å².